The predicted molar refractivity (Wildman–Crippen MR) is 83.0 cm³/mol. The van der Waals surface area contributed by atoms with Gasteiger partial charge in [-0.3, -0.25) is 9.59 Å². The Hall–Kier alpha value is -2.37. The normalized spacial score (nSPS) is 11.6. The first-order valence-corrected chi connectivity index (χ1v) is 7.39. The van der Waals surface area contributed by atoms with Crippen LogP contribution in [0, 0.1) is 6.92 Å². The van der Waals surface area contributed by atoms with Crippen molar-refractivity contribution in [3.05, 3.63) is 35.8 Å². The smallest absolute Gasteiger partial charge is 0.305 e. The van der Waals surface area contributed by atoms with Gasteiger partial charge in [-0.1, -0.05) is 13.8 Å². The van der Waals surface area contributed by atoms with Crippen LogP contribution in [0.4, 0.5) is 0 Å². The van der Waals surface area contributed by atoms with Crippen LogP contribution < -0.4 is 5.32 Å². The molecule has 118 valence electrons. The summed E-state index contributed by atoms with van der Waals surface area (Å²) in [4.78, 5) is 27.8. The quantitative estimate of drug-likeness (QED) is 0.858. The molecular formula is C16H21N3O3. The number of carboxylic acids is 1. The zero-order valence-corrected chi connectivity index (χ0v) is 13.1. The third-order valence-electron chi connectivity index (χ3n) is 4.07. The van der Waals surface area contributed by atoms with E-state index in [1.807, 2.05) is 39.1 Å². The maximum atomic E-state index is 12.4. The van der Waals surface area contributed by atoms with Gasteiger partial charge in [0.15, 0.2) is 0 Å². The molecule has 0 aliphatic rings. The number of amides is 1. The molecule has 2 N–H and O–H groups in total. The van der Waals surface area contributed by atoms with Gasteiger partial charge >= 0.3 is 5.97 Å². The highest BCUT2D eigenvalue weighted by atomic mass is 16.4. The summed E-state index contributed by atoms with van der Waals surface area (Å²) in [5.74, 6) is -1.26. The van der Waals surface area contributed by atoms with Gasteiger partial charge in [-0.2, -0.15) is 0 Å². The lowest BCUT2D eigenvalue weighted by Gasteiger charge is -2.31. The molecule has 0 saturated carbocycles. The van der Waals surface area contributed by atoms with Gasteiger partial charge in [-0.15, -0.1) is 0 Å². The van der Waals surface area contributed by atoms with Gasteiger partial charge in [0.05, 0.1) is 12.0 Å². The van der Waals surface area contributed by atoms with E-state index in [0.717, 1.165) is 5.56 Å². The van der Waals surface area contributed by atoms with E-state index in [1.165, 1.54) is 0 Å². The van der Waals surface area contributed by atoms with Crippen LogP contribution in [0.1, 0.15) is 49.2 Å². The standard InChI is InChI=1S/C16H21N3O3/c1-4-16(5-2,9-14(20)21)18-15(22)12-10-19-7-6-11(3)8-13(19)17-12/h6-8,10H,4-5,9H2,1-3H3,(H,18,22)(H,20,21). The molecule has 6 heteroatoms. The summed E-state index contributed by atoms with van der Waals surface area (Å²) in [5, 5.41) is 11.9. The molecule has 0 unspecified atom stereocenters. The molecule has 0 radical (unpaired) electrons. The fraction of sp³-hybridized carbons (Fsp3) is 0.438. The number of hydrogen-bond donors (Lipinski definition) is 2. The summed E-state index contributed by atoms with van der Waals surface area (Å²) in [6.45, 7) is 5.71. The molecule has 2 aromatic heterocycles. The molecule has 1 amide bonds. The van der Waals surface area contributed by atoms with Crippen LogP contribution in [-0.2, 0) is 4.79 Å². The van der Waals surface area contributed by atoms with Crippen molar-refractivity contribution in [1.82, 2.24) is 14.7 Å². The highest BCUT2D eigenvalue weighted by molar-refractivity contribution is 5.93. The van der Waals surface area contributed by atoms with Crippen molar-refractivity contribution in [2.24, 2.45) is 0 Å². The second-order valence-corrected chi connectivity index (χ2v) is 5.61. The van der Waals surface area contributed by atoms with Gasteiger partial charge in [-0.05, 0) is 37.5 Å². The summed E-state index contributed by atoms with van der Waals surface area (Å²) in [6.07, 6.45) is 4.50. The van der Waals surface area contributed by atoms with E-state index < -0.39 is 11.5 Å². The first-order chi connectivity index (χ1) is 10.4. The van der Waals surface area contributed by atoms with Crippen molar-refractivity contribution in [3.63, 3.8) is 0 Å². The molecule has 0 aliphatic carbocycles. The number of carbonyl (C=O) groups is 2. The van der Waals surface area contributed by atoms with Crippen LogP contribution in [-0.4, -0.2) is 31.9 Å². The number of carboxylic acid groups (broad SMARTS) is 1. The monoisotopic (exact) mass is 303 g/mol. The lowest BCUT2D eigenvalue weighted by atomic mass is 9.89. The number of hydrogen-bond acceptors (Lipinski definition) is 3. The summed E-state index contributed by atoms with van der Waals surface area (Å²) in [7, 11) is 0. The van der Waals surface area contributed by atoms with Crippen LogP contribution >= 0.6 is 0 Å². The first-order valence-electron chi connectivity index (χ1n) is 7.39. The molecule has 0 atom stereocenters. The Morgan fingerprint density at radius 2 is 2.05 bits per heavy atom. The number of nitrogens with zero attached hydrogens (tertiary/aromatic N) is 2. The number of nitrogens with one attached hydrogen (secondary N) is 1. The van der Waals surface area contributed by atoms with Crippen molar-refractivity contribution in [3.8, 4) is 0 Å². The van der Waals surface area contributed by atoms with Crippen LogP contribution in [0.3, 0.4) is 0 Å². The third-order valence-corrected chi connectivity index (χ3v) is 4.07. The van der Waals surface area contributed by atoms with Crippen LogP contribution in [0.5, 0.6) is 0 Å². The Morgan fingerprint density at radius 3 is 2.64 bits per heavy atom. The number of fused-ring (bicyclic) bond motifs is 1. The summed E-state index contributed by atoms with van der Waals surface area (Å²) < 4.78 is 1.78. The van der Waals surface area contributed by atoms with Gasteiger partial charge in [0.2, 0.25) is 0 Å². The molecule has 22 heavy (non-hydrogen) atoms. The molecule has 2 heterocycles. The molecule has 0 saturated heterocycles. The minimum absolute atomic E-state index is 0.0990. The van der Waals surface area contributed by atoms with Crippen LogP contribution in [0.2, 0.25) is 0 Å². The first kappa shape index (κ1) is 16.0. The molecule has 0 aromatic carbocycles. The van der Waals surface area contributed by atoms with Crippen molar-refractivity contribution in [2.45, 2.75) is 45.6 Å². The molecule has 0 spiro atoms. The second kappa shape index (κ2) is 6.17. The van der Waals surface area contributed by atoms with Crippen LogP contribution in [0.15, 0.2) is 24.5 Å². The van der Waals surface area contributed by atoms with E-state index in [1.54, 1.807) is 10.6 Å². The maximum Gasteiger partial charge on any atom is 0.305 e. The Kier molecular flexibility index (Phi) is 4.49. The van der Waals surface area contributed by atoms with E-state index in [-0.39, 0.29) is 12.3 Å². The van der Waals surface area contributed by atoms with E-state index >= 15 is 0 Å². The van der Waals surface area contributed by atoms with E-state index in [4.69, 9.17) is 5.11 Å². The van der Waals surface area contributed by atoms with Gasteiger partial charge < -0.3 is 14.8 Å². The average molecular weight is 303 g/mol. The molecule has 2 aromatic rings. The van der Waals surface area contributed by atoms with Crippen LogP contribution in [0.25, 0.3) is 5.65 Å². The number of carbonyl (C=O) groups excluding carboxylic acids is 1. The summed E-state index contributed by atoms with van der Waals surface area (Å²) in [6, 6.07) is 3.82. The molecule has 0 bridgehead atoms. The largest absolute Gasteiger partial charge is 0.481 e. The molecule has 0 fully saturated rings. The Morgan fingerprint density at radius 1 is 1.36 bits per heavy atom. The molecular weight excluding hydrogens is 282 g/mol. The SMILES string of the molecule is CCC(CC)(CC(=O)O)NC(=O)c1cn2ccc(C)cc2n1. The number of aliphatic carboxylic acids is 1. The number of pyridine rings is 1. The maximum absolute atomic E-state index is 12.4. The number of aryl methyl sites for hydroxylation is 1. The lowest BCUT2D eigenvalue weighted by molar-refractivity contribution is -0.138. The average Bonchev–Trinajstić information content (AvgIpc) is 2.89. The third kappa shape index (κ3) is 3.27. The van der Waals surface area contributed by atoms with E-state index in [2.05, 4.69) is 10.3 Å². The predicted octanol–water partition coefficient (Wildman–Crippen LogP) is 2.41. The minimum atomic E-state index is -0.922. The minimum Gasteiger partial charge on any atom is -0.481 e. The molecule has 2 rings (SSSR count). The van der Waals surface area contributed by atoms with Crippen molar-refractivity contribution >= 4 is 17.5 Å². The van der Waals surface area contributed by atoms with Crippen molar-refractivity contribution in [1.29, 1.82) is 0 Å². The van der Waals surface area contributed by atoms with Gasteiger partial charge in [-0.25, -0.2) is 4.98 Å². The molecule has 0 aliphatic heterocycles. The van der Waals surface area contributed by atoms with E-state index in [0.29, 0.717) is 24.2 Å². The Balaban J connectivity index is 2.26. The molecule has 6 nitrogen and oxygen atoms in total. The van der Waals surface area contributed by atoms with Gasteiger partial charge in [0.25, 0.3) is 5.91 Å². The zero-order valence-electron chi connectivity index (χ0n) is 13.1. The highest BCUT2D eigenvalue weighted by Crippen LogP contribution is 2.20. The summed E-state index contributed by atoms with van der Waals surface area (Å²) >= 11 is 0. The Bertz CT molecular complexity index is 702. The zero-order chi connectivity index (χ0) is 16.3. The van der Waals surface area contributed by atoms with Gasteiger partial charge in [0, 0.05) is 12.4 Å². The van der Waals surface area contributed by atoms with Gasteiger partial charge in [0.1, 0.15) is 11.3 Å². The number of rotatable bonds is 6. The number of imidazole rings is 1. The van der Waals surface area contributed by atoms with Crippen molar-refractivity contribution < 1.29 is 14.7 Å². The fourth-order valence-electron chi connectivity index (χ4n) is 2.51. The highest BCUT2D eigenvalue weighted by Gasteiger charge is 2.31. The van der Waals surface area contributed by atoms with E-state index in [9.17, 15) is 9.59 Å². The number of aromatic nitrogens is 2. The fourth-order valence-corrected chi connectivity index (χ4v) is 2.51. The lowest BCUT2D eigenvalue weighted by Crippen LogP contribution is -2.49. The topological polar surface area (TPSA) is 83.7 Å². The Labute approximate surface area is 129 Å². The second-order valence-electron chi connectivity index (χ2n) is 5.61. The van der Waals surface area contributed by atoms with Crippen molar-refractivity contribution in [2.75, 3.05) is 0 Å². The summed E-state index contributed by atoms with van der Waals surface area (Å²) in [5.41, 5.74) is 1.31.